The molecule has 0 bridgehead atoms. The number of hydrogen-bond acceptors (Lipinski definition) is 3. The molecule has 0 saturated carbocycles. The van der Waals surface area contributed by atoms with Crippen molar-refractivity contribution in [3.63, 3.8) is 0 Å². The van der Waals surface area contributed by atoms with Crippen LogP contribution in [0.25, 0.3) is 0 Å². The summed E-state index contributed by atoms with van der Waals surface area (Å²) in [6.45, 7) is 7.08. The molecule has 1 aromatic carbocycles. The Morgan fingerprint density at radius 3 is 2.71 bits per heavy atom. The first-order valence-electron chi connectivity index (χ1n) is 7.66. The summed E-state index contributed by atoms with van der Waals surface area (Å²) in [6, 6.07) is 8.24. The molecule has 1 aromatic rings. The van der Waals surface area contributed by atoms with Crippen molar-refractivity contribution in [2.45, 2.75) is 19.8 Å². The highest BCUT2D eigenvalue weighted by molar-refractivity contribution is 7.80. The summed E-state index contributed by atoms with van der Waals surface area (Å²) in [5, 5.41) is 4.24. The molecule has 0 spiro atoms. The summed E-state index contributed by atoms with van der Waals surface area (Å²) in [5.74, 6) is 0.909. The fourth-order valence-electron chi connectivity index (χ4n) is 2.46. The number of rotatable bonds is 5. The minimum Gasteiger partial charge on any atom is -0.497 e. The number of methoxy groups -OCH3 is 1. The Bertz CT molecular complexity index is 459. The van der Waals surface area contributed by atoms with Crippen LogP contribution in [0.2, 0.25) is 0 Å². The third-order valence-electron chi connectivity index (χ3n) is 3.79. The summed E-state index contributed by atoms with van der Waals surface area (Å²) in [7, 11) is 1.71. The Morgan fingerprint density at radius 2 is 2.05 bits per heavy atom. The average Bonchev–Trinajstić information content (AvgIpc) is 2.55. The van der Waals surface area contributed by atoms with E-state index in [0.717, 1.165) is 43.6 Å². The maximum absolute atomic E-state index is 5.46. The van der Waals surface area contributed by atoms with Crippen LogP contribution in [-0.4, -0.2) is 49.8 Å². The molecule has 21 heavy (non-hydrogen) atoms. The van der Waals surface area contributed by atoms with Crippen LogP contribution in [0.15, 0.2) is 24.3 Å². The lowest BCUT2D eigenvalue weighted by molar-refractivity contribution is 0.379. The van der Waals surface area contributed by atoms with Crippen LogP contribution in [0.5, 0.6) is 5.75 Å². The first kappa shape index (κ1) is 15.9. The first-order chi connectivity index (χ1) is 10.2. The zero-order valence-electron chi connectivity index (χ0n) is 13.0. The molecule has 0 amide bonds. The Balaban J connectivity index is 1.83. The Labute approximate surface area is 133 Å². The zero-order valence-corrected chi connectivity index (χ0v) is 13.8. The van der Waals surface area contributed by atoms with E-state index in [2.05, 4.69) is 34.2 Å². The molecule has 1 aliphatic rings. The van der Waals surface area contributed by atoms with E-state index in [1.165, 1.54) is 18.5 Å². The van der Waals surface area contributed by atoms with E-state index >= 15 is 0 Å². The number of nitrogens with zero attached hydrogens (tertiary/aromatic N) is 2. The second-order valence-electron chi connectivity index (χ2n) is 5.26. The Hall–Kier alpha value is -1.49. The molecule has 2 rings (SSSR count). The monoisotopic (exact) mass is 307 g/mol. The smallest absolute Gasteiger partial charge is 0.169 e. The molecular weight excluding hydrogens is 282 g/mol. The normalized spacial score (nSPS) is 15.0. The van der Waals surface area contributed by atoms with Crippen LogP contribution < -0.4 is 15.0 Å². The molecule has 0 aliphatic carbocycles. The number of hydrogen-bond donors (Lipinski definition) is 1. The third kappa shape index (κ3) is 4.49. The van der Waals surface area contributed by atoms with Gasteiger partial charge in [-0.3, -0.25) is 0 Å². The fourth-order valence-corrected chi connectivity index (χ4v) is 2.74. The standard InChI is InChI=1S/C16H25N3OS/c1-3-4-8-17-16(21)19-11-9-18(10-12-19)14-6-5-7-15(13-14)20-2/h5-7,13H,3-4,8-12H2,1-2H3,(H,17,21). The Morgan fingerprint density at radius 1 is 1.29 bits per heavy atom. The number of unbranched alkanes of at least 4 members (excludes halogenated alkanes) is 1. The van der Waals surface area contributed by atoms with Gasteiger partial charge in [-0.2, -0.15) is 0 Å². The second-order valence-corrected chi connectivity index (χ2v) is 5.65. The van der Waals surface area contributed by atoms with E-state index in [4.69, 9.17) is 17.0 Å². The van der Waals surface area contributed by atoms with Crippen LogP contribution in [0.1, 0.15) is 19.8 Å². The zero-order chi connectivity index (χ0) is 15.1. The van der Waals surface area contributed by atoms with E-state index in [0.29, 0.717) is 0 Å². The number of thiocarbonyl (C=S) groups is 1. The van der Waals surface area contributed by atoms with Gasteiger partial charge in [0.05, 0.1) is 7.11 Å². The molecule has 1 heterocycles. The average molecular weight is 307 g/mol. The van der Waals surface area contributed by atoms with Crippen molar-refractivity contribution in [3.8, 4) is 5.75 Å². The van der Waals surface area contributed by atoms with Gasteiger partial charge in [0.1, 0.15) is 5.75 Å². The minimum absolute atomic E-state index is 0.897. The molecule has 1 aliphatic heterocycles. The summed E-state index contributed by atoms with van der Waals surface area (Å²) >= 11 is 5.46. The largest absolute Gasteiger partial charge is 0.497 e. The van der Waals surface area contributed by atoms with E-state index in [1.807, 2.05) is 12.1 Å². The van der Waals surface area contributed by atoms with Crippen LogP contribution in [0, 0.1) is 0 Å². The number of piperazine rings is 1. The van der Waals surface area contributed by atoms with Crippen molar-refractivity contribution in [2.75, 3.05) is 44.7 Å². The lowest BCUT2D eigenvalue weighted by atomic mass is 10.2. The van der Waals surface area contributed by atoms with Gasteiger partial charge in [0.25, 0.3) is 0 Å². The molecule has 116 valence electrons. The third-order valence-corrected chi connectivity index (χ3v) is 4.19. The number of nitrogens with one attached hydrogen (secondary N) is 1. The van der Waals surface area contributed by atoms with Crippen molar-refractivity contribution in [1.82, 2.24) is 10.2 Å². The maximum Gasteiger partial charge on any atom is 0.169 e. The summed E-state index contributed by atoms with van der Waals surface area (Å²) in [5.41, 5.74) is 1.22. The van der Waals surface area contributed by atoms with Crippen molar-refractivity contribution in [2.24, 2.45) is 0 Å². The van der Waals surface area contributed by atoms with Gasteiger partial charge in [-0.15, -0.1) is 0 Å². The molecule has 1 fully saturated rings. The highest BCUT2D eigenvalue weighted by atomic mass is 32.1. The second kappa shape index (κ2) is 8.08. The fraction of sp³-hybridized carbons (Fsp3) is 0.562. The van der Waals surface area contributed by atoms with Crippen LogP contribution >= 0.6 is 12.2 Å². The predicted octanol–water partition coefficient (Wildman–Crippen LogP) is 2.49. The number of ether oxygens (including phenoxy) is 1. The van der Waals surface area contributed by atoms with Gasteiger partial charge in [-0.05, 0) is 30.8 Å². The van der Waals surface area contributed by atoms with E-state index in [9.17, 15) is 0 Å². The molecule has 0 aromatic heterocycles. The SMILES string of the molecule is CCCCNC(=S)N1CCN(c2cccc(OC)c2)CC1. The van der Waals surface area contributed by atoms with Crippen molar-refractivity contribution in [1.29, 1.82) is 0 Å². The van der Waals surface area contributed by atoms with E-state index in [-0.39, 0.29) is 0 Å². The first-order valence-corrected chi connectivity index (χ1v) is 8.07. The molecule has 0 radical (unpaired) electrons. The highest BCUT2D eigenvalue weighted by Gasteiger charge is 2.19. The number of benzene rings is 1. The van der Waals surface area contributed by atoms with Gasteiger partial charge in [-0.1, -0.05) is 19.4 Å². The van der Waals surface area contributed by atoms with Gasteiger partial charge in [-0.25, -0.2) is 0 Å². The highest BCUT2D eigenvalue weighted by Crippen LogP contribution is 2.22. The number of anilines is 1. The minimum atomic E-state index is 0.897. The topological polar surface area (TPSA) is 27.7 Å². The predicted molar refractivity (Wildman–Crippen MR) is 92.3 cm³/mol. The quantitative estimate of drug-likeness (QED) is 0.666. The lowest BCUT2D eigenvalue weighted by Gasteiger charge is -2.37. The molecule has 4 nitrogen and oxygen atoms in total. The van der Waals surface area contributed by atoms with Crippen molar-refractivity contribution in [3.05, 3.63) is 24.3 Å². The lowest BCUT2D eigenvalue weighted by Crippen LogP contribution is -2.51. The van der Waals surface area contributed by atoms with Gasteiger partial charge in [0.15, 0.2) is 5.11 Å². The van der Waals surface area contributed by atoms with Crippen LogP contribution in [0.3, 0.4) is 0 Å². The van der Waals surface area contributed by atoms with Gasteiger partial charge < -0.3 is 19.9 Å². The molecule has 5 heteroatoms. The van der Waals surface area contributed by atoms with Crippen LogP contribution in [0.4, 0.5) is 5.69 Å². The molecule has 1 saturated heterocycles. The van der Waals surface area contributed by atoms with Gasteiger partial charge in [0.2, 0.25) is 0 Å². The summed E-state index contributed by atoms with van der Waals surface area (Å²) in [4.78, 5) is 4.65. The molecule has 0 atom stereocenters. The maximum atomic E-state index is 5.46. The van der Waals surface area contributed by atoms with Gasteiger partial charge in [0, 0.05) is 44.5 Å². The molecule has 0 unspecified atom stereocenters. The Kier molecular flexibility index (Phi) is 6.11. The molecular formula is C16H25N3OS. The van der Waals surface area contributed by atoms with E-state index < -0.39 is 0 Å². The van der Waals surface area contributed by atoms with E-state index in [1.54, 1.807) is 7.11 Å². The van der Waals surface area contributed by atoms with Gasteiger partial charge >= 0.3 is 0 Å². The summed E-state index contributed by atoms with van der Waals surface area (Å²) in [6.07, 6.45) is 2.36. The van der Waals surface area contributed by atoms with Crippen LogP contribution in [-0.2, 0) is 0 Å². The van der Waals surface area contributed by atoms with Crippen molar-refractivity contribution >= 4 is 23.0 Å². The van der Waals surface area contributed by atoms with Crippen molar-refractivity contribution < 1.29 is 4.74 Å². The molecule has 1 N–H and O–H groups in total. The summed E-state index contributed by atoms with van der Waals surface area (Å²) < 4.78 is 5.29.